The molecule has 2 rings (SSSR count). The molecule has 0 unspecified atom stereocenters. The summed E-state index contributed by atoms with van der Waals surface area (Å²) < 4.78 is 1.66. The second-order valence-electron chi connectivity index (χ2n) is 3.36. The topological polar surface area (TPSA) is 58.3 Å². The number of phenols is 1. The molecular formula is C11H12N2O2. The van der Waals surface area contributed by atoms with Crippen molar-refractivity contribution in [3.8, 4) is 11.4 Å². The summed E-state index contributed by atoms with van der Waals surface area (Å²) in [4.78, 5) is 0. The van der Waals surface area contributed by atoms with Gasteiger partial charge >= 0.3 is 0 Å². The van der Waals surface area contributed by atoms with Crippen LogP contribution >= 0.6 is 0 Å². The van der Waals surface area contributed by atoms with E-state index in [0.29, 0.717) is 0 Å². The highest BCUT2D eigenvalue weighted by Gasteiger charge is 2.05. The highest BCUT2D eigenvalue weighted by atomic mass is 16.3. The van der Waals surface area contributed by atoms with Crippen LogP contribution in [0.4, 0.5) is 0 Å². The standard InChI is InChI=1S/C11H12N2O2/c1-8-6-10(7-14)13(12-8)9-2-4-11(15)5-3-9/h2-6,14-15H,7H2,1H3. The fraction of sp³-hybridized carbons (Fsp3) is 0.182. The van der Waals surface area contributed by atoms with Crippen molar-refractivity contribution in [2.75, 3.05) is 0 Å². The summed E-state index contributed by atoms with van der Waals surface area (Å²) in [5.41, 5.74) is 2.41. The minimum Gasteiger partial charge on any atom is -0.508 e. The maximum absolute atomic E-state index is 9.16. The third-order valence-corrected chi connectivity index (χ3v) is 2.16. The van der Waals surface area contributed by atoms with Crippen LogP contribution in [0, 0.1) is 6.92 Å². The summed E-state index contributed by atoms with van der Waals surface area (Å²) in [7, 11) is 0. The molecule has 0 aliphatic rings. The molecule has 2 N–H and O–H groups in total. The number of aromatic hydroxyl groups is 1. The smallest absolute Gasteiger partial charge is 0.115 e. The van der Waals surface area contributed by atoms with Crippen LogP contribution in [0.2, 0.25) is 0 Å². The highest BCUT2D eigenvalue weighted by molar-refractivity contribution is 5.37. The second-order valence-corrected chi connectivity index (χ2v) is 3.36. The van der Waals surface area contributed by atoms with Gasteiger partial charge in [0.05, 0.1) is 23.7 Å². The molecule has 2 aromatic rings. The lowest BCUT2D eigenvalue weighted by molar-refractivity contribution is 0.273. The van der Waals surface area contributed by atoms with Crippen molar-refractivity contribution in [1.29, 1.82) is 0 Å². The molecule has 0 radical (unpaired) electrons. The van der Waals surface area contributed by atoms with Crippen LogP contribution in [-0.2, 0) is 6.61 Å². The van der Waals surface area contributed by atoms with E-state index < -0.39 is 0 Å². The second kappa shape index (κ2) is 3.74. The number of hydrogen-bond acceptors (Lipinski definition) is 3. The summed E-state index contributed by atoms with van der Waals surface area (Å²) in [6, 6.07) is 8.51. The molecule has 0 aliphatic carbocycles. The van der Waals surface area contributed by atoms with Gasteiger partial charge in [0.25, 0.3) is 0 Å². The number of hydrogen-bond donors (Lipinski definition) is 2. The molecule has 0 saturated carbocycles. The first kappa shape index (κ1) is 9.73. The van der Waals surface area contributed by atoms with Gasteiger partial charge in [0.1, 0.15) is 5.75 Å². The molecule has 1 heterocycles. The van der Waals surface area contributed by atoms with Gasteiger partial charge in [-0.15, -0.1) is 0 Å². The molecule has 0 spiro atoms. The van der Waals surface area contributed by atoms with E-state index in [1.807, 2.05) is 13.0 Å². The Morgan fingerprint density at radius 1 is 1.27 bits per heavy atom. The quantitative estimate of drug-likeness (QED) is 0.777. The molecular weight excluding hydrogens is 192 g/mol. The predicted octanol–water partition coefficient (Wildman–Crippen LogP) is 1.38. The first-order valence-electron chi connectivity index (χ1n) is 4.66. The SMILES string of the molecule is Cc1cc(CO)n(-c2ccc(O)cc2)n1. The van der Waals surface area contributed by atoms with Crippen molar-refractivity contribution < 1.29 is 10.2 Å². The normalized spacial score (nSPS) is 10.5. The zero-order valence-corrected chi connectivity index (χ0v) is 8.38. The number of rotatable bonds is 2. The summed E-state index contributed by atoms with van der Waals surface area (Å²) in [6.07, 6.45) is 0. The largest absolute Gasteiger partial charge is 0.508 e. The fourth-order valence-corrected chi connectivity index (χ4v) is 1.48. The van der Waals surface area contributed by atoms with Gasteiger partial charge in [-0.2, -0.15) is 5.10 Å². The van der Waals surface area contributed by atoms with Crippen molar-refractivity contribution in [1.82, 2.24) is 9.78 Å². The van der Waals surface area contributed by atoms with Gasteiger partial charge < -0.3 is 10.2 Å². The Morgan fingerprint density at radius 2 is 1.93 bits per heavy atom. The number of aliphatic hydroxyl groups excluding tert-OH is 1. The van der Waals surface area contributed by atoms with Crippen molar-refractivity contribution in [2.24, 2.45) is 0 Å². The third kappa shape index (κ3) is 1.85. The number of aryl methyl sites for hydroxylation is 1. The Balaban J connectivity index is 2.48. The summed E-state index contributed by atoms with van der Waals surface area (Å²) in [5.74, 6) is 0.216. The Hall–Kier alpha value is -1.81. The molecule has 4 nitrogen and oxygen atoms in total. The van der Waals surface area contributed by atoms with E-state index in [1.54, 1.807) is 28.9 Å². The average molecular weight is 204 g/mol. The molecule has 0 atom stereocenters. The van der Waals surface area contributed by atoms with Crippen LogP contribution in [0.15, 0.2) is 30.3 Å². The van der Waals surface area contributed by atoms with E-state index in [0.717, 1.165) is 17.1 Å². The van der Waals surface area contributed by atoms with Crippen LogP contribution in [0.1, 0.15) is 11.4 Å². The summed E-state index contributed by atoms with van der Waals surface area (Å²) in [5, 5.41) is 22.6. The first-order valence-corrected chi connectivity index (χ1v) is 4.66. The van der Waals surface area contributed by atoms with Crippen molar-refractivity contribution in [2.45, 2.75) is 13.5 Å². The monoisotopic (exact) mass is 204 g/mol. The van der Waals surface area contributed by atoms with Gasteiger partial charge in [0.15, 0.2) is 0 Å². The molecule has 1 aromatic heterocycles. The molecule has 0 fully saturated rings. The fourth-order valence-electron chi connectivity index (χ4n) is 1.48. The highest BCUT2D eigenvalue weighted by Crippen LogP contribution is 2.16. The predicted molar refractivity (Wildman–Crippen MR) is 55.9 cm³/mol. The number of benzene rings is 1. The lowest BCUT2D eigenvalue weighted by Crippen LogP contribution is -2.01. The van der Waals surface area contributed by atoms with Crippen molar-refractivity contribution in [3.05, 3.63) is 41.7 Å². The van der Waals surface area contributed by atoms with E-state index >= 15 is 0 Å². The van der Waals surface area contributed by atoms with E-state index in [2.05, 4.69) is 5.10 Å². The van der Waals surface area contributed by atoms with Crippen LogP contribution < -0.4 is 0 Å². The summed E-state index contributed by atoms with van der Waals surface area (Å²) >= 11 is 0. The first-order chi connectivity index (χ1) is 7.20. The Labute approximate surface area is 87.4 Å². The number of phenolic OH excluding ortho intramolecular Hbond substituents is 1. The van der Waals surface area contributed by atoms with Gasteiger partial charge in [-0.05, 0) is 37.3 Å². The van der Waals surface area contributed by atoms with E-state index in [9.17, 15) is 0 Å². The van der Waals surface area contributed by atoms with Gasteiger partial charge in [0.2, 0.25) is 0 Å². The number of nitrogens with zero attached hydrogens (tertiary/aromatic N) is 2. The number of aromatic nitrogens is 2. The zero-order chi connectivity index (χ0) is 10.8. The van der Waals surface area contributed by atoms with E-state index in [1.165, 1.54) is 0 Å². The molecule has 0 aliphatic heterocycles. The van der Waals surface area contributed by atoms with Crippen molar-refractivity contribution >= 4 is 0 Å². The molecule has 78 valence electrons. The molecule has 0 bridgehead atoms. The Morgan fingerprint density at radius 3 is 2.53 bits per heavy atom. The Bertz CT molecular complexity index is 460. The van der Waals surface area contributed by atoms with Crippen LogP contribution in [0.25, 0.3) is 5.69 Å². The molecule has 0 amide bonds. The zero-order valence-electron chi connectivity index (χ0n) is 8.38. The lowest BCUT2D eigenvalue weighted by atomic mass is 10.3. The van der Waals surface area contributed by atoms with Gasteiger partial charge in [-0.3, -0.25) is 0 Å². The van der Waals surface area contributed by atoms with Gasteiger partial charge in [-0.25, -0.2) is 4.68 Å². The lowest BCUT2D eigenvalue weighted by Gasteiger charge is -2.04. The van der Waals surface area contributed by atoms with Gasteiger partial charge in [-0.1, -0.05) is 0 Å². The maximum Gasteiger partial charge on any atom is 0.115 e. The van der Waals surface area contributed by atoms with Crippen molar-refractivity contribution in [3.63, 3.8) is 0 Å². The number of aliphatic hydroxyl groups is 1. The minimum absolute atomic E-state index is 0.0539. The summed E-state index contributed by atoms with van der Waals surface area (Å²) in [6.45, 7) is 1.82. The Kier molecular flexibility index (Phi) is 2.43. The van der Waals surface area contributed by atoms with E-state index in [4.69, 9.17) is 10.2 Å². The van der Waals surface area contributed by atoms with E-state index in [-0.39, 0.29) is 12.4 Å². The van der Waals surface area contributed by atoms with Crippen LogP contribution in [0.3, 0.4) is 0 Å². The third-order valence-electron chi connectivity index (χ3n) is 2.16. The van der Waals surface area contributed by atoms with Crippen LogP contribution in [-0.4, -0.2) is 20.0 Å². The molecule has 15 heavy (non-hydrogen) atoms. The molecule has 0 saturated heterocycles. The van der Waals surface area contributed by atoms with Gasteiger partial charge in [0, 0.05) is 0 Å². The molecule has 1 aromatic carbocycles. The van der Waals surface area contributed by atoms with Crippen LogP contribution in [0.5, 0.6) is 5.75 Å². The average Bonchev–Trinajstić information content (AvgIpc) is 2.61. The minimum atomic E-state index is -0.0539. The molecule has 4 heteroatoms. The maximum atomic E-state index is 9.16.